The van der Waals surface area contributed by atoms with E-state index in [1.165, 1.54) is 0 Å². The molecule has 0 aliphatic rings. The Hall–Kier alpha value is -0.680. The Labute approximate surface area is 44.7 Å². The van der Waals surface area contributed by atoms with Crippen molar-refractivity contribution in [2.75, 3.05) is 7.05 Å². The quantitative estimate of drug-likeness (QED) is 0.486. The molecule has 0 unspecified atom stereocenters. The Balaban J connectivity index is 3.74. The highest BCUT2D eigenvalue weighted by molar-refractivity contribution is 4.92. The minimum atomic E-state index is 1.07. The SMILES string of the molecule is CC=C=C(C)NC. The summed E-state index contributed by atoms with van der Waals surface area (Å²) in [7, 11) is 1.88. The molecule has 0 aromatic carbocycles. The fraction of sp³-hybridized carbons (Fsp3) is 0.500. The number of hydrogen-bond acceptors (Lipinski definition) is 1. The van der Waals surface area contributed by atoms with Gasteiger partial charge < -0.3 is 5.32 Å². The van der Waals surface area contributed by atoms with Gasteiger partial charge >= 0.3 is 0 Å². The monoisotopic (exact) mass is 97.1 g/mol. The van der Waals surface area contributed by atoms with Gasteiger partial charge in [0.2, 0.25) is 0 Å². The van der Waals surface area contributed by atoms with Crippen LogP contribution in [-0.4, -0.2) is 7.05 Å². The lowest BCUT2D eigenvalue weighted by Crippen LogP contribution is -1.98. The minimum Gasteiger partial charge on any atom is -0.385 e. The van der Waals surface area contributed by atoms with Gasteiger partial charge in [-0.3, -0.25) is 0 Å². The van der Waals surface area contributed by atoms with Gasteiger partial charge in [-0.1, -0.05) is 0 Å². The lowest BCUT2D eigenvalue weighted by molar-refractivity contribution is 0.994. The maximum absolute atomic E-state index is 2.98. The molecule has 0 rings (SSSR count). The van der Waals surface area contributed by atoms with E-state index >= 15 is 0 Å². The van der Waals surface area contributed by atoms with Crippen LogP contribution in [0.3, 0.4) is 0 Å². The summed E-state index contributed by atoms with van der Waals surface area (Å²) in [6, 6.07) is 0. The Morgan fingerprint density at radius 1 is 1.71 bits per heavy atom. The van der Waals surface area contributed by atoms with Crippen LogP contribution >= 0.6 is 0 Å². The lowest BCUT2D eigenvalue weighted by atomic mass is 10.5. The van der Waals surface area contributed by atoms with Crippen LogP contribution in [0.25, 0.3) is 0 Å². The molecule has 0 aromatic rings. The highest BCUT2D eigenvalue weighted by atomic mass is 14.8. The third-order valence-corrected chi connectivity index (χ3v) is 0.736. The van der Waals surface area contributed by atoms with E-state index in [1.54, 1.807) is 0 Å². The normalized spacial score (nSPS) is 6.71. The van der Waals surface area contributed by atoms with Crippen molar-refractivity contribution >= 4 is 0 Å². The molecule has 40 valence electrons. The molecule has 7 heavy (non-hydrogen) atoms. The Kier molecular flexibility index (Phi) is 3.17. The van der Waals surface area contributed by atoms with Crippen molar-refractivity contribution in [1.29, 1.82) is 0 Å². The van der Waals surface area contributed by atoms with E-state index in [9.17, 15) is 0 Å². The summed E-state index contributed by atoms with van der Waals surface area (Å²) in [6.45, 7) is 3.92. The molecule has 0 bridgehead atoms. The minimum absolute atomic E-state index is 1.07. The summed E-state index contributed by atoms with van der Waals surface area (Å²) >= 11 is 0. The van der Waals surface area contributed by atoms with Crippen LogP contribution in [0, 0.1) is 0 Å². The maximum atomic E-state index is 2.98. The first kappa shape index (κ1) is 6.32. The van der Waals surface area contributed by atoms with Gasteiger partial charge in [0.1, 0.15) is 0 Å². The summed E-state index contributed by atoms with van der Waals surface area (Å²) in [5, 5.41) is 2.94. The average Bonchev–Trinajstić information content (AvgIpc) is 1.68. The summed E-state index contributed by atoms with van der Waals surface area (Å²) in [4.78, 5) is 0. The molecule has 0 heterocycles. The van der Waals surface area contributed by atoms with Gasteiger partial charge in [0.05, 0.1) is 5.70 Å². The van der Waals surface area contributed by atoms with Gasteiger partial charge in [0.25, 0.3) is 0 Å². The van der Waals surface area contributed by atoms with E-state index in [0.29, 0.717) is 0 Å². The smallest absolute Gasteiger partial charge is 0.0500 e. The van der Waals surface area contributed by atoms with Crippen LogP contribution in [0.2, 0.25) is 0 Å². The largest absolute Gasteiger partial charge is 0.385 e. The predicted molar refractivity (Wildman–Crippen MR) is 32.0 cm³/mol. The van der Waals surface area contributed by atoms with Crippen LogP contribution in [0.1, 0.15) is 13.8 Å². The molecule has 0 atom stereocenters. The molecule has 0 saturated carbocycles. The van der Waals surface area contributed by atoms with Gasteiger partial charge in [-0.15, -0.1) is 5.73 Å². The van der Waals surface area contributed by atoms with Crippen LogP contribution in [-0.2, 0) is 0 Å². The van der Waals surface area contributed by atoms with Crippen molar-refractivity contribution in [2.24, 2.45) is 0 Å². The van der Waals surface area contributed by atoms with E-state index in [-0.39, 0.29) is 0 Å². The highest BCUT2D eigenvalue weighted by Crippen LogP contribution is 1.75. The zero-order valence-corrected chi connectivity index (χ0v) is 5.08. The van der Waals surface area contributed by atoms with Crippen molar-refractivity contribution in [3.63, 3.8) is 0 Å². The lowest BCUT2D eigenvalue weighted by Gasteiger charge is -1.88. The first-order valence-electron chi connectivity index (χ1n) is 2.37. The second kappa shape index (κ2) is 3.51. The fourth-order valence-electron chi connectivity index (χ4n) is 0.289. The van der Waals surface area contributed by atoms with Gasteiger partial charge in [0, 0.05) is 7.05 Å². The molecule has 0 aliphatic heterocycles. The molecule has 0 radical (unpaired) electrons. The van der Waals surface area contributed by atoms with Gasteiger partial charge in [-0.2, -0.15) is 0 Å². The van der Waals surface area contributed by atoms with Gasteiger partial charge in [0.15, 0.2) is 0 Å². The van der Waals surface area contributed by atoms with Crippen molar-refractivity contribution in [3.8, 4) is 0 Å². The number of nitrogens with one attached hydrogen (secondary N) is 1. The van der Waals surface area contributed by atoms with Crippen molar-refractivity contribution in [3.05, 3.63) is 17.5 Å². The molecule has 0 aromatic heterocycles. The Morgan fingerprint density at radius 3 is 2.43 bits per heavy atom. The van der Waals surface area contributed by atoms with Crippen LogP contribution < -0.4 is 5.32 Å². The second-order valence-electron chi connectivity index (χ2n) is 1.31. The summed E-state index contributed by atoms with van der Waals surface area (Å²) in [5.41, 5.74) is 4.05. The van der Waals surface area contributed by atoms with E-state index < -0.39 is 0 Å². The van der Waals surface area contributed by atoms with E-state index in [4.69, 9.17) is 0 Å². The second-order valence-corrected chi connectivity index (χ2v) is 1.31. The molecule has 1 N–H and O–H groups in total. The third kappa shape index (κ3) is 3.14. The molecule has 0 fully saturated rings. The summed E-state index contributed by atoms with van der Waals surface area (Å²) in [6.07, 6.45) is 1.88. The molecule has 0 saturated heterocycles. The number of hydrogen-bond donors (Lipinski definition) is 1. The first-order valence-corrected chi connectivity index (χ1v) is 2.37. The average molecular weight is 97.2 g/mol. The van der Waals surface area contributed by atoms with E-state index in [2.05, 4.69) is 11.0 Å². The number of allylic oxidation sites excluding steroid dienone is 1. The van der Waals surface area contributed by atoms with Crippen molar-refractivity contribution in [1.82, 2.24) is 5.32 Å². The van der Waals surface area contributed by atoms with Crippen LogP contribution in [0.15, 0.2) is 17.5 Å². The van der Waals surface area contributed by atoms with E-state index in [1.807, 2.05) is 27.0 Å². The maximum Gasteiger partial charge on any atom is 0.0500 e. The molecule has 0 aliphatic carbocycles. The molecule has 1 nitrogen and oxygen atoms in total. The molecule has 0 spiro atoms. The fourth-order valence-corrected chi connectivity index (χ4v) is 0.289. The van der Waals surface area contributed by atoms with Crippen LogP contribution in [0.4, 0.5) is 0 Å². The van der Waals surface area contributed by atoms with E-state index in [0.717, 1.165) is 5.70 Å². The first-order chi connectivity index (χ1) is 3.31. The molecule has 0 amide bonds. The van der Waals surface area contributed by atoms with Crippen LogP contribution in [0.5, 0.6) is 0 Å². The topological polar surface area (TPSA) is 12.0 Å². The molecule has 1 heteroatoms. The van der Waals surface area contributed by atoms with Gasteiger partial charge in [-0.25, -0.2) is 0 Å². The van der Waals surface area contributed by atoms with Crippen molar-refractivity contribution < 1.29 is 0 Å². The highest BCUT2D eigenvalue weighted by Gasteiger charge is 1.69. The third-order valence-electron chi connectivity index (χ3n) is 0.736. The zero-order chi connectivity index (χ0) is 5.70. The van der Waals surface area contributed by atoms with Gasteiger partial charge in [-0.05, 0) is 19.9 Å². The number of rotatable bonds is 1. The summed E-state index contributed by atoms with van der Waals surface area (Å²) < 4.78 is 0. The molecular weight excluding hydrogens is 86.1 g/mol. The standard InChI is InChI=1S/C6H11N/c1-4-5-6(2)7-3/h4,7H,1-3H3. The predicted octanol–water partition coefficient (Wildman–Crippen LogP) is 1.28. The Bertz CT molecular complexity index is 96.7. The molecular formula is C6H11N. The zero-order valence-electron chi connectivity index (χ0n) is 5.08. The van der Waals surface area contributed by atoms with Crippen molar-refractivity contribution in [2.45, 2.75) is 13.8 Å². The summed E-state index contributed by atoms with van der Waals surface area (Å²) in [5.74, 6) is 0. The Morgan fingerprint density at radius 2 is 2.29 bits per heavy atom.